The molecule has 1 aliphatic heterocycles. The van der Waals surface area contributed by atoms with Gasteiger partial charge in [-0.3, -0.25) is 0 Å². The molecule has 1 unspecified atom stereocenters. The zero-order chi connectivity index (χ0) is 15.9. The highest BCUT2D eigenvalue weighted by Gasteiger charge is 2.23. The molecule has 5 heteroatoms. The molecule has 22 heavy (non-hydrogen) atoms. The predicted octanol–water partition coefficient (Wildman–Crippen LogP) is 1.99. The van der Waals surface area contributed by atoms with Crippen molar-refractivity contribution in [3.63, 3.8) is 0 Å². The second kappa shape index (κ2) is 8.03. The van der Waals surface area contributed by atoms with E-state index in [4.69, 9.17) is 5.11 Å². The second-order valence-electron chi connectivity index (χ2n) is 5.87. The van der Waals surface area contributed by atoms with E-state index in [9.17, 15) is 4.79 Å². The molecule has 1 aliphatic rings. The van der Waals surface area contributed by atoms with E-state index in [1.165, 1.54) is 11.3 Å². The lowest BCUT2D eigenvalue weighted by molar-refractivity contribution is 0.176. The van der Waals surface area contributed by atoms with Crippen LogP contribution >= 0.6 is 0 Å². The van der Waals surface area contributed by atoms with Gasteiger partial charge in [0.1, 0.15) is 0 Å². The summed E-state index contributed by atoms with van der Waals surface area (Å²) < 4.78 is 0. The summed E-state index contributed by atoms with van der Waals surface area (Å²) in [5.41, 5.74) is 2.47. The number of aliphatic hydroxyl groups is 1. The molecule has 0 spiro atoms. The summed E-state index contributed by atoms with van der Waals surface area (Å²) in [6.07, 6.45) is 2.08. The minimum atomic E-state index is -0.0766. The number of carbonyl (C=O) groups is 1. The van der Waals surface area contributed by atoms with Crippen LogP contribution < -0.4 is 10.2 Å². The predicted molar refractivity (Wildman–Crippen MR) is 89.3 cm³/mol. The number of aryl methyl sites for hydroxylation is 1. The molecule has 1 atom stereocenters. The maximum absolute atomic E-state index is 12.2. The van der Waals surface area contributed by atoms with Crippen molar-refractivity contribution in [1.82, 2.24) is 10.2 Å². The summed E-state index contributed by atoms with van der Waals surface area (Å²) in [5, 5.41) is 12.1. The van der Waals surface area contributed by atoms with Crippen molar-refractivity contribution in [1.29, 1.82) is 0 Å². The van der Waals surface area contributed by atoms with Gasteiger partial charge in [0.15, 0.2) is 0 Å². The van der Waals surface area contributed by atoms with Gasteiger partial charge < -0.3 is 20.2 Å². The average molecular weight is 305 g/mol. The number of hydrogen-bond acceptors (Lipinski definition) is 3. The molecule has 1 heterocycles. The smallest absolute Gasteiger partial charge is 0.317 e. The number of aliphatic hydroxyl groups excluding tert-OH is 1. The summed E-state index contributed by atoms with van der Waals surface area (Å²) in [5.74, 6) is 0. The molecular weight excluding hydrogens is 278 g/mol. The molecule has 2 N–H and O–H groups in total. The fourth-order valence-electron chi connectivity index (χ4n) is 2.87. The topological polar surface area (TPSA) is 55.8 Å². The lowest BCUT2D eigenvalue weighted by atomic mass is 10.0. The average Bonchev–Trinajstić information content (AvgIpc) is 2.53. The Balaban J connectivity index is 1.92. The first-order valence-electron chi connectivity index (χ1n) is 8.12. The van der Waals surface area contributed by atoms with Crippen LogP contribution in [-0.4, -0.2) is 54.9 Å². The first-order chi connectivity index (χ1) is 10.6. The van der Waals surface area contributed by atoms with E-state index in [1.54, 1.807) is 4.90 Å². The molecule has 2 rings (SSSR count). The molecular formula is C17H27N3O2. The van der Waals surface area contributed by atoms with E-state index in [1.807, 2.05) is 6.92 Å². The molecule has 0 aromatic heterocycles. The van der Waals surface area contributed by atoms with Gasteiger partial charge in [-0.25, -0.2) is 4.79 Å². The summed E-state index contributed by atoms with van der Waals surface area (Å²) in [7, 11) is 0. The quantitative estimate of drug-likeness (QED) is 0.875. The van der Waals surface area contributed by atoms with Gasteiger partial charge in [-0.05, 0) is 38.8 Å². The van der Waals surface area contributed by atoms with Crippen molar-refractivity contribution >= 4 is 11.7 Å². The van der Waals surface area contributed by atoms with Crippen molar-refractivity contribution in [2.24, 2.45) is 0 Å². The fourth-order valence-corrected chi connectivity index (χ4v) is 2.87. The third-order valence-electron chi connectivity index (χ3n) is 4.19. The Hall–Kier alpha value is -1.75. The highest BCUT2D eigenvalue weighted by atomic mass is 16.3. The van der Waals surface area contributed by atoms with E-state index in [0.29, 0.717) is 13.1 Å². The van der Waals surface area contributed by atoms with Crippen LogP contribution in [0.5, 0.6) is 0 Å². The standard InChI is InChI=1S/C17H27N3O2/c1-3-19(11-12-21)17(22)18-15-5-4-10-20(13-15)16-8-6-14(2)7-9-16/h6-9,15,21H,3-5,10-13H2,1-2H3,(H,18,22). The molecule has 5 nitrogen and oxygen atoms in total. The number of carbonyl (C=O) groups excluding carboxylic acids is 1. The van der Waals surface area contributed by atoms with Crippen LogP contribution in [0.1, 0.15) is 25.3 Å². The summed E-state index contributed by atoms with van der Waals surface area (Å²) in [6.45, 7) is 6.88. The Labute approximate surface area is 132 Å². The summed E-state index contributed by atoms with van der Waals surface area (Å²) in [4.78, 5) is 16.2. The van der Waals surface area contributed by atoms with Gasteiger partial charge in [0, 0.05) is 37.9 Å². The molecule has 1 aromatic rings. The zero-order valence-electron chi connectivity index (χ0n) is 13.6. The molecule has 2 amide bonds. The van der Waals surface area contributed by atoms with Crippen LogP contribution in [0.3, 0.4) is 0 Å². The minimum absolute atomic E-state index is 0.00141. The first kappa shape index (κ1) is 16.6. The Morgan fingerprint density at radius 2 is 2.14 bits per heavy atom. The Bertz CT molecular complexity index is 475. The highest BCUT2D eigenvalue weighted by molar-refractivity contribution is 5.74. The summed E-state index contributed by atoms with van der Waals surface area (Å²) >= 11 is 0. The van der Waals surface area contributed by atoms with Gasteiger partial charge >= 0.3 is 6.03 Å². The largest absolute Gasteiger partial charge is 0.395 e. The summed E-state index contributed by atoms with van der Waals surface area (Å²) in [6, 6.07) is 8.62. The molecule has 1 fully saturated rings. The molecule has 0 aliphatic carbocycles. The van der Waals surface area contributed by atoms with Crippen LogP contribution in [0.2, 0.25) is 0 Å². The Morgan fingerprint density at radius 3 is 2.77 bits per heavy atom. The molecule has 1 saturated heterocycles. The number of rotatable bonds is 5. The second-order valence-corrected chi connectivity index (χ2v) is 5.87. The lowest BCUT2D eigenvalue weighted by Gasteiger charge is -2.35. The van der Waals surface area contributed by atoms with Crippen LogP contribution in [0.4, 0.5) is 10.5 Å². The van der Waals surface area contributed by atoms with Gasteiger partial charge in [0.05, 0.1) is 6.61 Å². The SMILES string of the molecule is CCN(CCO)C(=O)NC1CCCN(c2ccc(C)cc2)C1. The van der Waals surface area contributed by atoms with Crippen LogP contribution in [-0.2, 0) is 0 Å². The van der Waals surface area contributed by atoms with Crippen molar-refractivity contribution in [2.75, 3.05) is 37.7 Å². The van der Waals surface area contributed by atoms with Gasteiger partial charge in [0.2, 0.25) is 0 Å². The fraction of sp³-hybridized carbons (Fsp3) is 0.588. The number of benzene rings is 1. The minimum Gasteiger partial charge on any atom is -0.395 e. The molecule has 122 valence electrons. The van der Waals surface area contributed by atoms with E-state index in [0.717, 1.165) is 25.9 Å². The van der Waals surface area contributed by atoms with Crippen LogP contribution in [0.25, 0.3) is 0 Å². The lowest BCUT2D eigenvalue weighted by Crippen LogP contribution is -2.52. The number of anilines is 1. The normalized spacial score (nSPS) is 18.1. The first-order valence-corrected chi connectivity index (χ1v) is 8.12. The molecule has 0 radical (unpaired) electrons. The number of urea groups is 1. The van der Waals surface area contributed by atoms with Gasteiger partial charge in [0.25, 0.3) is 0 Å². The monoisotopic (exact) mass is 305 g/mol. The third-order valence-corrected chi connectivity index (χ3v) is 4.19. The Morgan fingerprint density at radius 1 is 1.41 bits per heavy atom. The number of hydrogen-bond donors (Lipinski definition) is 2. The molecule has 0 bridgehead atoms. The van der Waals surface area contributed by atoms with Gasteiger partial charge in [-0.15, -0.1) is 0 Å². The number of piperidine rings is 1. The van der Waals surface area contributed by atoms with E-state index in [-0.39, 0.29) is 18.7 Å². The molecule has 0 saturated carbocycles. The molecule has 1 aromatic carbocycles. The van der Waals surface area contributed by atoms with E-state index < -0.39 is 0 Å². The third kappa shape index (κ3) is 4.37. The number of nitrogens with one attached hydrogen (secondary N) is 1. The van der Waals surface area contributed by atoms with Gasteiger partial charge in [-0.2, -0.15) is 0 Å². The van der Waals surface area contributed by atoms with Crippen molar-refractivity contribution in [3.05, 3.63) is 29.8 Å². The van der Waals surface area contributed by atoms with Crippen LogP contribution in [0.15, 0.2) is 24.3 Å². The van der Waals surface area contributed by atoms with Crippen molar-refractivity contribution in [3.8, 4) is 0 Å². The maximum Gasteiger partial charge on any atom is 0.317 e. The van der Waals surface area contributed by atoms with Gasteiger partial charge in [-0.1, -0.05) is 17.7 Å². The maximum atomic E-state index is 12.2. The number of likely N-dealkylation sites (N-methyl/N-ethyl adjacent to an activating group) is 1. The van der Waals surface area contributed by atoms with E-state index >= 15 is 0 Å². The van der Waals surface area contributed by atoms with E-state index in [2.05, 4.69) is 41.4 Å². The zero-order valence-corrected chi connectivity index (χ0v) is 13.6. The van der Waals surface area contributed by atoms with Crippen molar-refractivity contribution < 1.29 is 9.90 Å². The van der Waals surface area contributed by atoms with Crippen LogP contribution in [0, 0.1) is 6.92 Å². The Kier molecular flexibility index (Phi) is 6.07. The highest BCUT2D eigenvalue weighted by Crippen LogP contribution is 2.20. The number of amides is 2. The number of nitrogens with zero attached hydrogens (tertiary/aromatic N) is 2. The van der Waals surface area contributed by atoms with Crippen molar-refractivity contribution in [2.45, 2.75) is 32.7 Å².